The maximum absolute atomic E-state index is 12.3. The minimum atomic E-state index is -0.247. The number of aryl methyl sites for hydroxylation is 2. The zero-order valence-corrected chi connectivity index (χ0v) is 10.7. The van der Waals surface area contributed by atoms with Crippen molar-refractivity contribution in [3.63, 3.8) is 0 Å². The van der Waals surface area contributed by atoms with E-state index in [9.17, 15) is 4.79 Å². The molecule has 0 aliphatic rings. The van der Waals surface area contributed by atoms with E-state index >= 15 is 0 Å². The molecular formula is C10H11ClN6O. The monoisotopic (exact) mass is 266 g/mol. The molecule has 0 amide bonds. The quantitative estimate of drug-likeness (QED) is 0.705. The van der Waals surface area contributed by atoms with Crippen LogP contribution in [-0.2, 0) is 6.54 Å². The fraction of sp³-hybridized carbons (Fsp3) is 0.400. The van der Waals surface area contributed by atoms with Crippen LogP contribution in [0.1, 0.15) is 19.2 Å². The topological polar surface area (TPSA) is 80.9 Å². The van der Waals surface area contributed by atoms with Crippen molar-refractivity contribution < 1.29 is 0 Å². The van der Waals surface area contributed by atoms with Crippen LogP contribution in [0.2, 0.25) is 5.28 Å². The van der Waals surface area contributed by atoms with E-state index < -0.39 is 0 Å². The molecule has 18 heavy (non-hydrogen) atoms. The molecule has 7 nitrogen and oxygen atoms in total. The van der Waals surface area contributed by atoms with Crippen molar-refractivity contribution in [2.45, 2.75) is 26.8 Å². The molecule has 0 unspecified atom stereocenters. The molecule has 0 fully saturated rings. The van der Waals surface area contributed by atoms with E-state index in [0.717, 1.165) is 6.42 Å². The average molecular weight is 267 g/mol. The van der Waals surface area contributed by atoms with Gasteiger partial charge in [-0.15, -0.1) is 5.10 Å². The van der Waals surface area contributed by atoms with Gasteiger partial charge < -0.3 is 4.98 Å². The lowest BCUT2D eigenvalue weighted by Crippen LogP contribution is -2.28. The SMILES string of the molecule is CCCn1c(=O)n2nc(C)nc2c2[nH]c(Cl)nc21. The first kappa shape index (κ1) is 11.2. The largest absolute Gasteiger partial charge is 0.352 e. The number of nitrogens with one attached hydrogen (secondary N) is 1. The van der Waals surface area contributed by atoms with Crippen LogP contribution in [0.5, 0.6) is 0 Å². The van der Waals surface area contributed by atoms with Gasteiger partial charge in [-0.3, -0.25) is 4.57 Å². The van der Waals surface area contributed by atoms with Crippen LogP contribution in [0.15, 0.2) is 4.79 Å². The summed E-state index contributed by atoms with van der Waals surface area (Å²) in [5, 5.41) is 4.34. The number of halogens is 1. The summed E-state index contributed by atoms with van der Waals surface area (Å²) in [6.45, 7) is 4.29. The van der Waals surface area contributed by atoms with E-state index in [1.165, 1.54) is 4.52 Å². The molecule has 0 aliphatic heterocycles. The summed E-state index contributed by atoms with van der Waals surface area (Å²) in [6.07, 6.45) is 0.818. The van der Waals surface area contributed by atoms with Crippen molar-refractivity contribution in [2.24, 2.45) is 0 Å². The van der Waals surface area contributed by atoms with Crippen LogP contribution in [0.25, 0.3) is 16.8 Å². The van der Waals surface area contributed by atoms with E-state index in [1.807, 2.05) is 6.92 Å². The molecule has 94 valence electrons. The van der Waals surface area contributed by atoms with Gasteiger partial charge in [0.05, 0.1) is 0 Å². The van der Waals surface area contributed by atoms with Crippen molar-refractivity contribution in [2.75, 3.05) is 0 Å². The van der Waals surface area contributed by atoms with Crippen molar-refractivity contribution in [3.05, 3.63) is 21.6 Å². The number of imidazole rings is 1. The standard InChI is InChI=1S/C10H11ClN6O/c1-3-4-16-7-6(13-9(11)14-7)8-12-5(2)15-17(8)10(16)18/h3-4H2,1-2H3,(H,13,14). The first-order chi connectivity index (χ1) is 8.61. The highest BCUT2D eigenvalue weighted by atomic mass is 35.5. The summed E-state index contributed by atoms with van der Waals surface area (Å²) in [7, 11) is 0. The van der Waals surface area contributed by atoms with Crippen LogP contribution in [0.4, 0.5) is 0 Å². The smallest absolute Gasteiger partial charge is 0.324 e. The molecule has 3 aromatic rings. The second-order valence-electron chi connectivity index (χ2n) is 4.05. The molecule has 8 heteroatoms. The number of hydrogen-bond acceptors (Lipinski definition) is 4. The maximum atomic E-state index is 12.3. The fourth-order valence-electron chi connectivity index (χ4n) is 2.03. The molecule has 0 atom stereocenters. The second-order valence-corrected chi connectivity index (χ2v) is 4.41. The van der Waals surface area contributed by atoms with Gasteiger partial charge in [-0.2, -0.15) is 9.50 Å². The molecule has 3 rings (SSSR count). The van der Waals surface area contributed by atoms with Crippen LogP contribution in [0, 0.1) is 6.92 Å². The normalized spacial score (nSPS) is 11.7. The summed E-state index contributed by atoms with van der Waals surface area (Å²) in [4.78, 5) is 23.6. The molecule has 0 spiro atoms. The van der Waals surface area contributed by atoms with Gasteiger partial charge in [0.2, 0.25) is 5.28 Å². The van der Waals surface area contributed by atoms with E-state index in [4.69, 9.17) is 11.6 Å². The minimum Gasteiger partial charge on any atom is -0.324 e. The predicted octanol–water partition coefficient (Wildman–Crippen LogP) is 1.14. The van der Waals surface area contributed by atoms with E-state index in [2.05, 4.69) is 20.1 Å². The maximum Gasteiger partial charge on any atom is 0.352 e. The van der Waals surface area contributed by atoms with Gasteiger partial charge in [0.15, 0.2) is 11.3 Å². The van der Waals surface area contributed by atoms with Gasteiger partial charge in [-0.25, -0.2) is 9.78 Å². The van der Waals surface area contributed by atoms with Crippen LogP contribution in [0.3, 0.4) is 0 Å². The van der Waals surface area contributed by atoms with Gasteiger partial charge in [-0.05, 0) is 24.9 Å². The van der Waals surface area contributed by atoms with Gasteiger partial charge in [0.1, 0.15) is 11.3 Å². The molecule has 0 bridgehead atoms. The zero-order valence-electron chi connectivity index (χ0n) is 9.94. The van der Waals surface area contributed by atoms with Crippen LogP contribution < -0.4 is 5.69 Å². The van der Waals surface area contributed by atoms with Gasteiger partial charge >= 0.3 is 5.69 Å². The summed E-state index contributed by atoms with van der Waals surface area (Å²) in [6, 6.07) is 0. The zero-order chi connectivity index (χ0) is 12.9. The van der Waals surface area contributed by atoms with E-state index in [1.54, 1.807) is 11.5 Å². The molecule has 3 aromatic heterocycles. The van der Waals surface area contributed by atoms with Crippen molar-refractivity contribution >= 4 is 28.4 Å². The molecule has 0 radical (unpaired) electrons. The Labute approximate surface area is 106 Å². The van der Waals surface area contributed by atoms with Gasteiger partial charge in [0, 0.05) is 6.54 Å². The van der Waals surface area contributed by atoms with Crippen molar-refractivity contribution in [1.29, 1.82) is 0 Å². The van der Waals surface area contributed by atoms with Crippen LogP contribution >= 0.6 is 11.6 Å². The number of H-pyrrole nitrogens is 1. The summed E-state index contributed by atoms with van der Waals surface area (Å²) in [5.41, 5.74) is 1.36. The molecule has 0 saturated carbocycles. The fourth-order valence-corrected chi connectivity index (χ4v) is 2.20. The third-order valence-corrected chi connectivity index (χ3v) is 2.89. The Morgan fingerprint density at radius 1 is 1.33 bits per heavy atom. The number of aromatic amines is 1. The number of nitrogens with zero attached hydrogens (tertiary/aromatic N) is 5. The van der Waals surface area contributed by atoms with Gasteiger partial charge in [-0.1, -0.05) is 6.92 Å². The van der Waals surface area contributed by atoms with Crippen LogP contribution in [-0.4, -0.2) is 29.1 Å². The Kier molecular flexibility index (Phi) is 2.37. The Hall–Kier alpha value is -1.89. The third kappa shape index (κ3) is 1.43. The van der Waals surface area contributed by atoms with Crippen molar-refractivity contribution in [1.82, 2.24) is 29.1 Å². The highest BCUT2D eigenvalue weighted by Gasteiger charge is 2.16. The highest BCUT2D eigenvalue weighted by molar-refractivity contribution is 6.29. The Balaban J connectivity index is 2.56. The van der Waals surface area contributed by atoms with Crippen molar-refractivity contribution in [3.8, 4) is 0 Å². The number of fused-ring (bicyclic) bond motifs is 3. The molecule has 0 saturated heterocycles. The van der Waals surface area contributed by atoms with E-state index in [-0.39, 0.29) is 11.0 Å². The predicted molar refractivity (Wildman–Crippen MR) is 66.9 cm³/mol. The summed E-state index contributed by atoms with van der Waals surface area (Å²) in [5.74, 6) is 0.536. The average Bonchev–Trinajstić information content (AvgIpc) is 2.87. The number of aromatic nitrogens is 6. The Bertz CT molecular complexity index is 798. The molecule has 0 aromatic carbocycles. The van der Waals surface area contributed by atoms with E-state index in [0.29, 0.717) is 29.2 Å². The molecule has 3 heterocycles. The Morgan fingerprint density at radius 3 is 2.83 bits per heavy atom. The second kappa shape index (κ2) is 3.81. The lowest BCUT2D eigenvalue weighted by Gasteiger charge is -2.04. The highest BCUT2D eigenvalue weighted by Crippen LogP contribution is 2.17. The van der Waals surface area contributed by atoms with Gasteiger partial charge in [0.25, 0.3) is 0 Å². The lowest BCUT2D eigenvalue weighted by molar-refractivity contribution is 0.632. The summed E-state index contributed by atoms with van der Waals surface area (Å²) < 4.78 is 2.83. The molecule has 1 N–H and O–H groups in total. The number of rotatable bonds is 2. The number of hydrogen-bond donors (Lipinski definition) is 1. The molecular weight excluding hydrogens is 256 g/mol. The first-order valence-corrected chi connectivity index (χ1v) is 6.01. The Morgan fingerprint density at radius 2 is 2.11 bits per heavy atom. The third-order valence-electron chi connectivity index (χ3n) is 2.71. The minimum absolute atomic E-state index is 0.239. The molecule has 0 aliphatic carbocycles. The lowest BCUT2D eigenvalue weighted by atomic mass is 10.4. The summed E-state index contributed by atoms with van der Waals surface area (Å²) >= 11 is 5.88. The first-order valence-electron chi connectivity index (χ1n) is 5.63.